The summed E-state index contributed by atoms with van der Waals surface area (Å²) >= 11 is 0. The molecule has 3 nitrogen and oxygen atoms in total. The Morgan fingerprint density at radius 1 is 0.367 bits per heavy atom. The average Bonchev–Trinajstić information content (AvgIpc) is 3.82. The highest BCUT2D eigenvalue weighted by molar-refractivity contribution is 6.26. The van der Waals surface area contributed by atoms with Crippen molar-refractivity contribution >= 4 is 76.3 Å². The zero-order valence-electron chi connectivity index (χ0n) is 26.5. The van der Waals surface area contributed by atoms with E-state index in [0.29, 0.717) is 0 Å². The SMILES string of the molecule is c1ccc2c(-c3ccc(-n4c5ccccc5c5ccc6c(c7ccccc7n6-c6ccc7c(c6)oc6ccccc67)c54)cc3)cccc2c1. The van der Waals surface area contributed by atoms with E-state index in [2.05, 4.69) is 167 Å². The van der Waals surface area contributed by atoms with Gasteiger partial charge in [0.05, 0.1) is 22.1 Å². The Morgan fingerprint density at radius 2 is 1.00 bits per heavy atom. The summed E-state index contributed by atoms with van der Waals surface area (Å²) < 4.78 is 11.2. The Labute approximate surface area is 281 Å². The Morgan fingerprint density at radius 3 is 1.86 bits per heavy atom. The zero-order chi connectivity index (χ0) is 32.1. The van der Waals surface area contributed by atoms with Crippen molar-refractivity contribution in [3.05, 3.63) is 170 Å². The Kier molecular flexibility index (Phi) is 5.38. The molecule has 0 amide bonds. The van der Waals surface area contributed by atoms with Crippen LogP contribution in [0.5, 0.6) is 0 Å². The van der Waals surface area contributed by atoms with Crippen molar-refractivity contribution in [1.82, 2.24) is 9.13 Å². The van der Waals surface area contributed by atoms with Gasteiger partial charge in [0.15, 0.2) is 0 Å². The summed E-state index contributed by atoms with van der Waals surface area (Å²) in [6.07, 6.45) is 0. The third kappa shape index (κ3) is 3.73. The fourth-order valence-corrected chi connectivity index (χ4v) is 8.18. The molecule has 0 bridgehead atoms. The van der Waals surface area contributed by atoms with Crippen molar-refractivity contribution in [2.45, 2.75) is 0 Å². The molecule has 49 heavy (non-hydrogen) atoms. The summed E-state index contributed by atoms with van der Waals surface area (Å²) in [5.74, 6) is 0. The maximum atomic E-state index is 6.35. The lowest BCUT2D eigenvalue weighted by Gasteiger charge is -2.12. The van der Waals surface area contributed by atoms with Crippen LogP contribution in [0.25, 0.3) is 98.8 Å². The Balaban J connectivity index is 1.19. The minimum Gasteiger partial charge on any atom is -0.456 e. The molecule has 0 radical (unpaired) electrons. The largest absolute Gasteiger partial charge is 0.456 e. The zero-order valence-corrected chi connectivity index (χ0v) is 26.5. The molecule has 0 fully saturated rings. The molecule has 0 saturated carbocycles. The third-order valence-corrected chi connectivity index (χ3v) is 10.3. The molecule has 0 atom stereocenters. The fourth-order valence-electron chi connectivity index (χ4n) is 8.18. The number of rotatable bonds is 3. The summed E-state index contributed by atoms with van der Waals surface area (Å²) in [6.45, 7) is 0. The molecule has 3 heteroatoms. The van der Waals surface area contributed by atoms with E-state index in [4.69, 9.17) is 4.42 Å². The van der Waals surface area contributed by atoms with Gasteiger partial charge in [-0.15, -0.1) is 0 Å². The van der Waals surface area contributed by atoms with Gasteiger partial charge in [-0.25, -0.2) is 0 Å². The molecule has 0 aliphatic heterocycles. The minimum atomic E-state index is 0.895. The lowest BCUT2D eigenvalue weighted by molar-refractivity contribution is 0.668. The van der Waals surface area contributed by atoms with Crippen LogP contribution < -0.4 is 0 Å². The summed E-state index contributed by atoms with van der Waals surface area (Å²) in [7, 11) is 0. The van der Waals surface area contributed by atoms with E-state index in [1.54, 1.807) is 0 Å². The number of hydrogen-bond acceptors (Lipinski definition) is 1. The van der Waals surface area contributed by atoms with Gasteiger partial charge in [0.25, 0.3) is 0 Å². The van der Waals surface area contributed by atoms with Gasteiger partial charge < -0.3 is 13.6 Å². The van der Waals surface area contributed by atoms with Crippen LogP contribution in [-0.2, 0) is 0 Å². The number of para-hydroxylation sites is 3. The number of fused-ring (bicyclic) bond motifs is 11. The molecule has 3 heterocycles. The van der Waals surface area contributed by atoms with Crippen LogP contribution in [0.2, 0.25) is 0 Å². The van der Waals surface area contributed by atoms with E-state index in [-0.39, 0.29) is 0 Å². The molecule has 11 rings (SSSR count). The van der Waals surface area contributed by atoms with Crippen LogP contribution >= 0.6 is 0 Å². The quantitative estimate of drug-likeness (QED) is 0.192. The van der Waals surface area contributed by atoms with Crippen LogP contribution in [0.3, 0.4) is 0 Å². The van der Waals surface area contributed by atoms with Crippen LogP contribution in [0, 0.1) is 0 Å². The van der Waals surface area contributed by atoms with Crippen molar-refractivity contribution < 1.29 is 4.42 Å². The number of hydrogen-bond donors (Lipinski definition) is 0. The highest BCUT2D eigenvalue weighted by Crippen LogP contribution is 2.43. The molecule has 0 saturated heterocycles. The van der Waals surface area contributed by atoms with Gasteiger partial charge in [0, 0.05) is 49.8 Å². The smallest absolute Gasteiger partial charge is 0.137 e. The number of furan rings is 1. The molecule has 11 aromatic rings. The Bertz CT molecular complexity index is 3090. The van der Waals surface area contributed by atoms with Crippen molar-refractivity contribution in [2.75, 3.05) is 0 Å². The molecule has 228 valence electrons. The van der Waals surface area contributed by atoms with E-state index >= 15 is 0 Å². The van der Waals surface area contributed by atoms with E-state index < -0.39 is 0 Å². The maximum absolute atomic E-state index is 6.35. The fraction of sp³-hybridized carbons (Fsp3) is 0. The summed E-state index contributed by atoms with van der Waals surface area (Å²) in [6, 6.07) is 61.3. The number of nitrogens with zero attached hydrogens (tertiary/aromatic N) is 2. The average molecular weight is 625 g/mol. The summed E-state index contributed by atoms with van der Waals surface area (Å²) in [5, 5.41) is 9.76. The standard InChI is InChI=1S/C46H28N2O/c1-2-12-33-29(10-1)11-9-16-34(33)30-20-22-31(23-21-30)48-40-17-6-3-13-35(40)38-26-27-42-45(46(38)48)39-15-4-7-18-41(39)47(42)32-24-25-37-36-14-5-8-19-43(36)49-44(37)28-32/h1-28H. The van der Waals surface area contributed by atoms with Crippen molar-refractivity contribution in [3.63, 3.8) is 0 Å². The van der Waals surface area contributed by atoms with Crippen molar-refractivity contribution in [1.29, 1.82) is 0 Å². The maximum Gasteiger partial charge on any atom is 0.137 e. The van der Waals surface area contributed by atoms with Gasteiger partial charge in [-0.2, -0.15) is 0 Å². The van der Waals surface area contributed by atoms with Crippen LogP contribution in [0.4, 0.5) is 0 Å². The van der Waals surface area contributed by atoms with Gasteiger partial charge in [0.2, 0.25) is 0 Å². The minimum absolute atomic E-state index is 0.895. The second-order valence-corrected chi connectivity index (χ2v) is 12.9. The first-order valence-corrected chi connectivity index (χ1v) is 16.8. The van der Waals surface area contributed by atoms with E-state index in [0.717, 1.165) is 33.3 Å². The monoisotopic (exact) mass is 624 g/mol. The van der Waals surface area contributed by atoms with Crippen molar-refractivity contribution in [2.24, 2.45) is 0 Å². The van der Waals surface area contributed by atoms with Crippen LogP contribution in [0.1, 0.15) is 0 Å². The summed E-state index contributed by atoms with van der Waals surface area (Å²) in [5.41, 5.74) is 11.2. The highest BCUT2D eigenvalue weighted by atomic mass is 16.3. The molecule has 0 unspecified atom stereocenters. The molecule has 0 spiro atoms. The predicted octanol–water partition coefficient (Wildman–Crippen LogP) is 12.6. The normalized spacial score (nSPS) is 12.1. The Hall–Kier alpha value is -6.58. The first kappa shape index (κ1) is 26.5. The second kappa shape index (κ2) is 9.96. The number of benzene rings is 8. The molecule has 0 aliphatic carbocycles. The third-order valence-electron chi connectivity index (χ3n) is 10.3. The van der Waals surface area contributed by atoms with Crippen LogP contribution in [-0.4, -0.2) is 9.13 Å². The molecule has 3 aromatic heterocycles. The van der Waals surface area contributed by atoms with E-state index in [1.165, 1.54) is 65.5 Å². The lowest BCUT2D eigenvalue weighted by Crippen LogP contribution is -1.95. The van der Waals surface area contributed by atoms with E-state index in [1.807, 2.05) is 12.1 Å². The number of aromatic nitrogens is 2. The molecule has 0 aliphatic rings. The highest BCUT2D eigenvalue weighted by Gasteiger charge is 2.21. The lowest BCUT2D eigenvalue weighted by atomic mass is 9.98. The second-order valence-electron chi connectivity index (χ2n) is 12.9. The first-order valence-electron chi connectivity index (χ1n) is 16.8. The van der Waals surface area contributed by atoms with Gasteiger partial charge in [0.1, 0.15) is 11.2 Å². The molecule has 0 N–H and O–H groups in total. The molecular formula is C46H28N2O. The van der Waals surface area contributed by atoms with Gasteiger partial charge in [-0.3, -0.25) is 0 Å². The van der Waals surface area contributed by atoms with Gasteiger partial charge >= 0.3 is 0 Å². The molecule has 8 aromatic carbocycles. The first-order chi connectivity index (χ1) is 24.3. The predicted molar refractivity (Wildman–Crippen MR) is 205 cm³/mol. The molecular weight excluding hydrogens is 597 g/mol. The summed E-state index contributed by atoms with van der Waals surface area (Å²) in [4.78, 5) is 0. The van der Waals surface area contributed by atoms with Crippen molar-refractivity contribution in [3.8, 4) is 22.5 Å². The van der Waals surface area contributed by atoms with Gasteiger partial charge in [-0.05, 0) is 70.4 Å². The van der Waals surface area contributed by atoms with Gasteiger partial charge in [-0.1, -0.05) is 115 Å². The topological polar surface area (TPSA) is 23.0 Å². The van der Waals surface area contributed by atoms with Crippen LogP contribution in [0.15, 0.2) is 174 Å². The van der Waals surface area contributed by atoms with E-state index in [9.17, 15) is 0 Å².